The summed E-state index contributed by atoms with van der Waals surface area (Å²) in [4.78, 5) is 28.7. The molecule has 1 aromatic rings. The molecule has 1 heterocycles. The van der Waals surface area contributed by atoms with Gasteiger partial charge in [0.2, 0.25) is 5.91 Å². The van der Waals surface area contributed by atoms with E-state index in [0.717, 1.165) is 31.5 Å². The number of methoxy groups -OCH3 is 1. The van der Waals surface area contributed by atoms with Crippen LogP contribution in [0.5, 0.6) is 5.75 Å². The Labute approximate surface area is 150 Å². The van der Waals surface area contributed by atoms with Crippen molar-refractivity contribution in [3.63, 3.8) is 0 Å². The third kappa shape index (κ3) is 4.82. The molecule has 0 aliphatic carbocycles. The fourth-order valence-corrected chi connectivity index (χ4v) is 3.42. The molecule has 0 atom stereocenters. The van der Waals surface area contributed by atoms with Gasteiger partial charge in [-0.1, -0.05) is 0 Å². The predicted molar refractivity (Wildman–Crippen MR) is 99.2 cm³/mol. The summed E-state index contributed by atoms with van der Waals surface area (Å²) in [6.07, 6.45) is 2.27. The van der Waals surface area contributed by atoms with E-state index < -0.39 is 0 Å². The molecule has 0 unspecified atom stereocenters. The maximum absolute atomic E-state index is 12.7. The smallest absolute Gasteiger partial charge is 0.227 e. The lowest BCUT2D eigenvalue weighted by Crippen LogP contribution is -2.47. The van der Waals surface area contributed by atoms with Crippen LogP contribution in [0.25, 0.3) is 0 Å². The van der Waals surface area contributed by atoms with E-state index in [1.54, 1.807) is 25.3 Å². The molecule has 5 nitrogen and oxygen atoms in total. The molecule has 1 saturated heterocycles. The highest BCUT2D eigenvalue weighted by molar-refractivity contribution is 5.94. The number of carbonyl (C=O) groups excluding carboxylic acids is 2. The number of likely N-dealkylation sites (N-methyl/N-ethyl adjacent to an activating group) is 1. The molecule has 5 heteroatoms. The van der Waals surface area contributed by atoms with Crippen LogP contribution in [0.1, 0.15) is 49.5 Å². The monoisotopic (exact) mass is 346 g/mol. The van der Waals surface area contributed by atoms with Crippen molar-refractivity contribution in [1.29, 1.82) is 0 Å². The zero-order valence-corrected chi connectivity index (χ0v) is 16.0. The van der Waals surface area contributed by atoms with E-state index in [1.807, 2.05) is 11.9 Å². The molecule has 0 bridgehead atoms. The summed E-state index contributed by atoms with van der Waals surface area (Å²) in [5.74, 6) is 0.717. The summed E-state index contributed by atoms with van der Waals surface area (Å²) in [5.41, 5.74) is 1.38. The van der Waals surface area contributed by atoms with Gasteiger partial charge in [-0.05, 0) is 51.8 Å². The Hall–Kier alpha value is -1.88. The van der Waals surface area contributed by atoms with Gasteiger partial charge in [0, 0.05) is 43.3 Å². The number of likely N-dealkylation sites (tertiary alicyclic amines) is 1. The summed E-state index contributed by atoms with van der Waals surface area (Å²) in [6.45, 7) is 8.02. The molecule has 1 amide bonds. The van der Waals surface area contributed by atoms with Crippen molar-refractivity contribution in [1.82, 2.24) is 9.80 Å². The van der Waals surface area contributed by atoms with Crippen LogP contribution in [-0.2, 0) is 11.2 Å². The number of nitrogens with zero attached hydrogens (tertiary/aromatic N) is 2. The fraction of sp³-hybridized carbons (Fsp3) is 0.600. The van der Waals surface area contributed by atoms with Gasteiger partial charge in [0.1, 0.15) is 5.75 Å². The number of rotatable bonds is 6. The summed E-state index contributed by atoms with van der Waals surface area (Å²) >= 11 is 0. The molecule has 1 aliphatic rings. The highest BCUT2D eigenvalue weighted by atomic mass is 16.5. The van der Waals surface area contributed by atoms with E-state index in [9.17, 15) is 9.59 Å². The number of hydrogen-bond acceptors (Lipinski definition) is 4. The molecule has 2 rings (SSSR count). The number of Topliss-reactive ketones (excluding diaryl/α,β-unsaturated/α-hetero) is 1. The van der Waals surface area contributed by atoms with Gasteiger partial charge in [0.15, 0.2) is 5.78 Å². The Balaban J connectivity index is 2.04. The lowest BCUT2D eigenvalue weighted by molar-refractivity contribution is -0.132. The first-order valence-corrected chi connectivity index (χ1v) is 9.01. The van der Waals surface area contributed by atoms with E-state index in [0.29, 0.717) is 17.4 Å². The summed E-state index contributed by atoms with van der Waals surface area (Å²) in [6, 6.07) is 6.11. The van der Waals surface area contributed by atoms with Gasteiger partial charge in [0.25, 0.3) is 0 Å². The normalized spacial score (nSPS) is 16.1. The van der Waals surface area contributed by atoms with Gasteiger partial charge in [-0.25, -0.2) is 0 Å². The molecule has 0 N–H and O–H groups in total. The summed E-state index contributed by atoms with van der Waals surface area (Å²) in [7, 11) is 3.47. The number of piperidine rings is 1. The molecule has 138 valence electrons. The van der Waals surface area contributed by atoms with E-state index in [4.69, 9.17) is 4.74 Å². The average molecular weight is 346 g/mol. The van der Waals surface area contributed by atoms with Crippen molar-refractivity contribution >= 4 is 11.7 Å². The molecule has 0 radical (unpaired) electrons. The summed E-state index contributed by atoms with van der Waals surface area (Å²) < 4.78 is 5.36. The van der Waals surface area contributed by atoms with Crippen LogP contribution < -0.4 is 4.74 Å². The zero-order chi connectivity index (χ0) is 18.6. The Morgan fingerprint density at radius 2 is 1.92 bits per heavy atom. The first-order valence-electron chi connectivity index (χ1n) is 9.01. The molecular formula is C20H30N2O3. The third-order valence-corrected chi connectivity index (χ3v) is 5.20. The quantitative estimate of drug-likeness (QED) is 0.743. The molecule has 0 aromatic heterocycles. The first kappa shape index (κ1) is 19.4. The second-order valence-corrected chi connectivity index (χ2v) is 7.13. The molecule has 1 fully saturated rings. The molecule has 25 heavy (non-hydrogen) atoms. The number of carbonyl (C=O) groups is 2. The Kier molecular flexibility index (Phi) is 6.59. The zero-order valence-electron chi connectivity index (χ0n) is 16.0. The van der Waals surface area contributed by atoms with Gasteiger partial charge >= 0.3 is 0 Å². The SMILES string of the molecule is COc1ccc(C(C)=O)cc1CC(=O)N(C)C1CCN(C(C)C)CC1. The van der Waals surface area contributed by atoms with Crippen molar-refractivity contribution in [2.75, 3.05) is 27.2 Å². The van der Waals surface area contributed by atoms with Crippen LogP contribution in [0.4, 0.5) is 0 Å². The van der Waals surface area contributed by atoms with Crippen molar-refractivity contribution in [2.24, 2.45) is 0 Å². The Morgan fingerprint density at radius 3 is 2.44 bits per heavy atom. The van der Waals surface area contributed by atoms with Crippen LogP contribution in [0.15, 0.2) is 18.2 Å². The molecule has 1 aliphatic heterocycles. The fourth-order valence-electron chi connectivity index (χ4n) is 3.42. The third-order valence-electron chi connectivity index (χ3n) is 5.20. The lowest BCUT2D eigenvalue weighted by atomic mass is 10.0. The highest BCUT2D eigenvalue weighted by Crippen LogP contribution is 2.23. The van der Waals surface area contributed by atoms with Crippen molar-refractivity contribution < 1.29 is 14.3 Å². The van der Waals surface area contributed by atoms with Gasteiger partial charge in [-0.3, -0.25) is 9.59 Å². The van der Waals surface area contributed by atoms with Crippen LogP contribution in [0, 0.1) is 0 Å². The number of hydrogen-bond donors (Lipinski definition) is 0. The molecular weight excluding hydrogens is 316 g/mol. The van der Waals surface area contributed by atoms with Crippen molar-refractivity contribution in [2.45, 2.75) is 52.1 Å². The van der Waals surface area contributed by atoms with Gasteiger partial charge in [0.05, 0.1) is 13.5 Å². The standard InChI is InChI=1S/C20H30N2O3/c1-14(2)22-10-8-18(9-11-22)21(4)20(24)13-17-12-16(15(3)23)6-7-19(17)25-5/h6-7,12,14,18H,8-11,13H2,1-5H3. The van der Waals surface area contributed by atoms with Gasteiger partial charge in [-0.2, -0.15) is 0 Å². The molecule has 0 spiro atoms. The Morgan fingerprint density at radius 1 is 1.28 bits per heavy atom. The maximum Gasteiger partial charge on any atom is 0.227 e. The number of amides is 1. The minimum Gasteiger partial charge on any atom is -0.496 e. The van der Waals surface area contributed by atoms with Gasteiger partial charge in [-0.15, -0.1) is 0 Å². The molecule has 1 aromatic carbocycles. The second-order valence-electron chi connectivity index (χ2n) is 7.13. The first-order chi connectivity index (χ1) is 11.8. The molecule has 0 saturated carbocycles. The largest absolute Gasteiger partial charge is 0.496 e. The van der Waals surface area contributed by atoms with E-state index in [-0.39, 0.29) is 24.2 Å². The second kappa shape index (κ2) is 8.48. The number of benzene rings is 1. The van der Waals surface area contributed by atoms with Crippen LogP contribution in [-0.4, -0.2) is 60.8 Å². The minimum atomic E-state index is -0.00855. The Bertz CT molecular complexity index is 619. The van der Waals surface area contributed by atoms with Crippen LogP contribution >= 0.6 is 0 Å². The van der Waals surface area contributed by atoms with Crippen LogP contribution in [0.2, 0.25) is 0 Å². The van der Waals surface area contributed by atoms with Crippen molar-refractivity contribution in [3.05, 3.63) is 29.3 Å². The van der Waals surface area contributed by atoms with Gasteiger partial charge < -0.3 is 14.5 Å². The van der Waals surface area contributed by atoms with E-state index in [2.05, 4.69) is 18.7 Å². The number of ether oxygens (including phenoxy) is 1. The predicted octanol–water partition coefficient (Wildman–Crippen LogP) is 2.77. The van der Waals surface area contributed by atoms with E-state index in [1.165, 1.54) is 6.92 Å². The van der Waals surface area contributed by atoms with Crippen molar-refractivity contribution in [3.8, 4) is 5.75 Å². The van der Waals surface area contributed by atoms with E-state index >= 15 is 0 Å². The minimum absolute atomic E-state index is 0.00855. The lowest BCUT2D eigenvalue weighted by Gasteiger charge is -2.38. The summed E-state index contributed by atoms with van der Waals surface area (Å²) in [5, 5.41) is 0. The maximum atomic E-state index is 12.7. The average Bonchev–Trinajstić information content (AvgIpc) is 2.60. The highest BCUT2D eigenvalue weighted by Gasteiger charge is 2.26. The van der Waals surface area contributed by atoms with Crippen LogP contribution in [0.3, 0.4) is 0 Å². The topological polar surface area (TPSA) is 49.9 Å². The number of ketones is 1.